The molecule has 1 atom stereocenters. The minimum atomic E-state index is -0.00667. The third-order valence-corrected chi connectivity index (χ3v) is 3.11. The van der Waals surface area contributed by atoms with Crippen LogP contribution in [0.2, 0.25) is 0 Å². The molecule has 0 aromatic heterocycles. The summed E-state index contributed by atoms with van der Waals surface area (Å²) in [5.41, 5.74) is 0. The van der Waals surface area contributed by atoms with Crippen LogP contribution in [-0.2, 0) is 4.79 Å². The first-order valence-corrected chi connectivity index (χ1v) is 4.78. The average molecular weight is 204 g/mol. The minimum absolute atomic E-state index is 0.00667. The first-order chi connectivity index (χ1) is 4.84. The summed E-state index contributed by atoms with van der Waals surface area (Å²) in [6, 6.07) is 0. The van der Waals surface area contributed by atoms with Gasteiger partial charge in [-0.25, -0.2) is 0 Å². The molecule has 57 valence electrons. The van der Waals surface area contributed by atoms with E-state index in [1.54, 1.807) is 0 Å². The van der Waals surface area contributed by atoms with E-state index in [-0.39, 0.29) is 4.83 Å². The summed E-state index contributed by atoms with van der Waals surface area (Å²) < 4.78 is 0. The van der Waals surface area contributed by atoms with Crippen LogP contribution in [0.15, 0.2) is 0 Å². The normalized spacial score (nSPS) is 24.1. The highest BCUT2D eigenvalue weighted by Crippen LogP contribution is 2.28. The zero-order valence-corrected chi connectivity index (χ0v) is 7.56. The Morgan fingerprint density at radius 1 is 1.30 bits per heavy atom. The summed E-state index contributed by atoms with van der Waals surface area (Å²) in [6.45, 7) is 0. The second kappa shape index (κ2) is 4.12. The maximum Gasteiger partial charge on any atom is 0.213 e. The van der Waals surface area contributed by atoms with Crippen LogP contribution in [0.25, 0.3) is 0 Å². The lowest BCUT2D eigenvalue weighted by Crippen LogP contribution is -2.18. The van der Waals surface area contributed by atoms with E-state index in [1.165, 1.54) is 32.1 Å². The molecule has 1 nitrogen and oxygen atoms in total. The number of hydrogen-bond acceptors (Lipinski definition) is 1. The van der Waals surface area contributed by atoms with Gasteiger partial charge < -0.3 is 0 Å². The van der Waals surface area contributed by atoms with Crippen molar-refractivity contribution in [1.82, 2.24) is 0 Å². The van der Waals surface area contributed by atoms with Gasteiger partial charge in [-0.15, -0.1) is 0 Å². The highest BCUT2D eigenvalue weighted by atomic mass is 79.9. The number of rotatable bonds is 2. The lowest BCUT2D eigenvalue weighted by Gasteiger charge is -2.22. The van der Waals surface area contributed by atoms with Gasteiger partial charge in [0.2, 0.25) is 6.29 Å². The van der Waals surface area contributed by atoms with Gasteiger partial charge in [0.05, 0.1) is 4.83 Å². The van der Waals surface area contributed by atoms with Crippen molar-refractivity contribution >= 4 is 22.2 Å². The van der Waals surface area contributed by atoms with Gasteiger partial charge in [-0.3, -0.25) is 4.79 Å². The SMILES string of the molecule is O=[C]C(Br)C1CCCCC1. The Bertz CT molecular complexity index is 108. The number of alkyl halides is 1. The van der Waals surface area contributed by atoms with E-state index in [2.05, 4.69) is 15.9 Å². The van der Waals surface area contributed by atoms with E-state index in [1.807, 2.05) is 6.29 Å². The number of halogens is 1. The van der Waals surface area contributed by atoms with Crippen LogP contribution in [0.1, 0.15) is 32.1 Å². The molecule has 0 aliphatic heterocycles. The summed E-state index contributed by atoms with van der Waals surface area (Å²) in [5, 5.41) is 0. The van der Waals surface area contributed by atoms with Crippen LogP contribution in [0.3, 0.4) is 0 Å². The summed E-state index contributed by atoms with van der Waals surface area (Å²) in [6.07, 6.45) is 8.32. The van der Waals surface area contributed by atoms with Crippen LogP contribution in [0, 0.1) is 5.92 Å². The maximum atomic E-state index is 10.2. The Morgan fingerprint density at radius 2 is 1.90 bits per heavy atom. The molecule has 0 amide bonds. The van der Waals surface area contributed by atoms with Crippen molar-refractivity contribution < 1.29 is 4.79 Å². The Kier molecular flexibility index (Phi) is 3.40. The van der Waals surface area contributed by atoms with Crippen molar-refractivity contribution in [3.63, 3.8) is 0 Å². The monoisotopic (exact) mass is 203 g/mol. The maximum absolute atomic E-state index is 10.2. The van der Waals surface area contributed by atoms with E-state index < -0.39 is 0 Å². The number of carbonyl (C=O) groups excluding carboxylic acids is 1. The summed E-state index contributed by atoms with van der Waals surface area (Å²) in [7, 11) is 0. The molecule has 0 aromatic carbocycles. The third-order valence-electron chi connectivity index (χ3n) is 2.18. The van der Waals surface area contributed by atoms with E-state index in [9.17, 15) is 4.79 Å². The van der Waals surface area contributed by atoms with Crippen LogP contribution in [-0.4, -0.2) is 11.1 Å². The van der Waals surface area contributed by atoms with Gasteiger partial charge in [0.25, 0.3) is 0 Å². The van der Waals surface area contributed by atoms with E-state index in [4.69, 9.17) is 0 Å². The molecule has 1 fully saturated rings. The van der Waals surface area contributed by atoms with Crippen LogP contribution in [0.5, 0.6) is 0 Å². The second-order valence-corrected chi connectivity index (χ2v) is 3.90. The molecule has 1 rings (SSSR count). The Balaban J connectivity index is 2.30. The van der Waals surface area contributed by atoms with Gasteiger partial charge >= 0.3 is 0 Å². The van der Waals surface area contributed by atoms with Crippen molar-refractivity contribution in [2.75, 3.05) is 0 Å². The summed E-state index contributed by atoms with van der Waals surface area (Å²) in [5.74, 6) is 0.561. The summed E-state index contributed by atoms with van der Waals surface area (Å²) in [4.78, 5) is 10.2. The van der Waals surface area contributed by atoms with Gasteiger partial charge in [-0.2, -0.15) is 0 Å². The standard InChI is InChI=1S/C8H12BrO/c9-8(6-10)7-4-2-1-3-5-7/h7-8H,1-5H2. The summed E-state index contributed by atoms with van der Waals surface area (Å²) >= 11 is 3.31. The van der Waals surface area contributed by atoms with E-state index in [0.717, 1.165) is 0 Å². The van der Waals surface area contributed by atoms with Crippen LogP contribution < -0.4 is 0 Å². The van der Waals surface area contributed by atoms with Gasteiger partial charge in [-0.05, 0) is 18.8 Å². The van der Waals surface area contributed by atoms with Crippen molar-refractivity contribution in [1.29, 1.82) is 0 Å². The Labute approximate surface area is 70.3 Å². The molecular formula is C8H12BrO. The van der Waals surface area contributed by atoms with Gasteiger partial charge in [0, 0.05) is 0 Å². The molecule has 1 aliphatic carbocycles. The average Bonchev–Trinajstić information content (AvgIpc) is 2.05. The largest absolute Gasteiger partial charge is 0.290 e. The predicted molar refractivity (Wildman–Crippen MR) is 45.0 cm³/mol. The fourth-order valence-electron chi connectivity index (χ4n) is 1.52. The quantitative estimate of drug-likeness (QED) is 0.631. The molecule has 0 N–H and O–H groups in total. The van der Waals surface area contributed by atoms with Crippen LogP contribution >= 0.6 is 15.9 Å². The molecule has 0 heterocycles. The molecule has 0 bridgehead atoms. The molecule has 0 aromatic rings. The first kappa shape index (κ1) is 8.25. The zero-order chi connectivity index (χ0) is 7.40. The van der Waals surface area contributed by atoms with Crippen molar-refractivity contribution in [3.05, 3.63) is 0 Å². The zero-order valence-electron chi connectivity index (χ0n) is 5.98. The molecule has 1 unspecified atom stereocenters. The highest BCUT2D eigenvalue weighted by Gasteiger charge is 2.20. The van der Waals surface area contributed by atoms with E-state index >= 15 is 0 Å². The topological polar surface area (TPSA) is 17.1 Å². The molecule has 1 saturated carbocycles. The van der Waals surface area contributed by atoms with Gasteiger partial charge in [0.1, 0.15) is 0 Å². The minimum Gasteiger partial charge on any atom is -0.290 e. The lowest BCUT2D eigenvalue weighted by atomic mass is 9.87. The molecule has 0 spiro atoms. The molecule has 10 heavy (non-hydrogen) atoms. The first-order valence-electron chi connectivity index (χ1n) is 3.86. The molecule has 0 saturated heterocycles. The van der Waals surface area contributed by atoms with Crippen molar-refractivity contribution in [2.45, 2.75) is 36.9 Å². The highest BCUT2D eigenvalue weighted by molar-refractivity contribution is 9.10. The van der Waals surface area contributed by atoms with Crippen LogP contribution in [0.4, 0.5) is 0 Å². The Hall–Kier alpha value is 0.150. The molecular weight excluding hydrogens is 192 g/mol. The fraction of sp³-hybridized carbons (Fsp3) is 0.875. The third kappa shape index (κ3) is 2.08. The smallest absolute Gasteiger partial charge is 0.213 e. The Morgan fingerprint density at radius 3 is 2.40 bits per heavy atom. The molecule has 2 heteroatoms. The van der Waals surface area contributed by atoms with Gasteiger partial charge in [-0.1, -0.05) is 35.2 Å². The lowest BCUT2D eigenvalue weighted by molar-refractivity contribution is 0.371. The molecule has 1 aliphatic rings. The van der Waals surface area contributed by atoms with Crippen molar-refractivity contribution in [2.24, 2.45) is 5.92 Å². The second-order valence-electron chi connectivity index (χ2n) is 2.92. The van der Waals surface area contributed by atoms with Gasteiger partial charge in [0.15, 0.2) is 0 Å². The number of hydrogen-bond donors (Lipinski definition) is 0. The van der Waals surface area contributed by atoms with E-state index in [0.29, 0.717) is 5.92 Å². The van der Waals surface area contributed by atoms with Crippen molar-refractivity contribution in [3.8, 4) is 0 Å². The predicted octanol–water partition coefficient (Wildman–Crippen LogP) is 2.44. The molecule has 1 radical (unpaired) electrons. The fourth-order valence-corrected chi connectivity index (χ4v) is 2.05.